The molecule has 0 bridgehead atoms. The van der Waals surface area contributed by atoms with Gasteiger partial charge < -0.3 is 10.3 Å². The highest BCUT2D eigenvalue weighted by Gasteiger charge is 2.16. The Kier molecular flexibility index (Phi) is 3.56. The van der Waals surface area contributed by atoms with Crippen LogP contribution in [-0.4, -0.2) is 19.9 Å². The molecule has 8 heteroatoms. The number of nitrogens with zero attached hydrogens (tertiary/aromatic N) is 3. The molecule has 0 fully saturated rings. The van der Waals surface area contributed by atoms with E-state index in [2.05, 4.69) is 36.2 Å². The second-order valence-electron chi connectivity index (χ2n) is 3.62. The van der Waals surface area contributed by atoms with Gasteiger partial charge in [-0.1, -0.05) is 0 Å². The smallest absolute Gasteiger partial charge is 0.291 e. The van der Waals surface area contributed by atoms with Gasteiger partial charge in [0.15, 0.2) is 0 Å². The zero-order valence-corrected chi connectivity index (χ0v) is 11.1. The highest BCUT2D eigenvalue weighted by atomic mass is 79.9. The first kappa shape index (κ1) is 12.5. The van der Waals surface area contributed by atoms with Gasteiger partial charge in [0.1, 0.15) is 12.0 Å². The van der Waals surface area contributed by atoms with E-state index in [9.17, 15) is 10.1 Å². The number of hydrogen-bond donors (Lipinski definition) is 2. The van der Waals surface area contributed by atoms with Gasteiger partial charge in [0.25, 0.3) is 5.69 Å². The van der Waals surface area contributed by atoms with Crippen molar-refractivity contribution in [2.75, 3.05) is 5.32 Å². The van der Waals surface area contributed by atoms with Crippen LogP contribution in [0.15, 0.2) is 23.2 Å². The van der Waals surface area contributed by atoms with Gasteiger partial charge in [-0.25, -0.2) is 9.97 Å². The summed E-state index contributed by atoms with van der Waals surface area (Å²) in [6.45, 7) is 2.19. The average molecular weight is 312 g/mol. The van der Waals surface area contributed by atoms with Gasteiger partial charge in [-0.2, -0.15) is 0 Å². The number of imidazole rings is 1. The second kappa shape index (κ2) is 5.13. The molecule has 2 aromatic rings. The molecule has 0 aliphatic carbocycles. The summed E-state index contributed by atoms with van der Waals surface area (Å²) in [4.78, 5) is 21.2. The first-order chi connectivity index (χ1) is 8.59. The first-order valence-electron chi connectivity index (χ1n) is 5.10. The van der Waals surface area contributed by atoms with Gasteiger partial charge in [-0.15, -0.1) is 0 Å². The number of anilines is 1. The van der Waals surface area contributed by atoms with E-state index in [0.717, 1.165) is 5.69 Å². The van der Waals surface area contributed by atoms with Gasteiger partial charge in [0.05, 0.1) is 28.0 Å². The molecule has 2 heterocycles. The molecule has 0 aromatic carbocycles. The molecule has 94 valence electrons. The molecule has 0 aliphatic heterocycles. The Hall–Kier alpha value is -1.96. The Bertz CT molecular complexity index is 570. The summed E-state index contributed by atoms with van der Waals surface area (Å²) < 4.78 is 0.594. The van der Waals surface area contributed by atoms with Gasteiger partial charge in [-0.05, 0) is 22.9 Å². The predicted molar refractivity (Wildman–Crippen MR) is 69.2 cm³/mol. The van der Waals surface area contributed by atoms with Gasteiger partial charge >= 0.3 is 0 Å². The minimum atomic E-state index is -0.453. The van der Waals surface area contributed by atoms with Crippen LogP contribution < -0.4 is 5.32 Å². The number of rotatable bonds is 4. The van der Waals surface area contributed by atoms with E-state index in [-0.39, 0.29) is 5.69 Å². The van der Waals surface area contributed by atoms with E-state index in [1.165, 1.54) is 6.20 Å². The van der Waals surface area contributed by atoms with Gasteiger partial charge in [-0.3, -0.25) is 10.1 Å². The lowest BCUT2D eigenvalue weighted by Crippen LogP contribution is -2.04. The predicted octanol–water partition coefficient (Wildman–Crippen LogP) is 2.40. The molecule has 2 aromatic heterocycles. The molecule has 7 nitrogen and oxygen atoms in total. The normalized spacial score (nSPS) is 10.3. The Morgan fingerprint density at radius 2 is 2.33 bits per heavy atom. The molecule has 0 radical (unpaired) electrons. The largest absolute Gasteiger partial charge is 0.363 e. The van der Waals surface area contributed by atoms with E-state index in [1.54, 1.807) is 19.4 Å². The minimum absolute atomic E-state index is 0.00559. The number of aromatic amines is 1. The Balaban J connectivity index is 2.19. The lowest BCUT2D eigenvalue weighted by atomic mass is 10.2. The van der Waals surface area contributed by atoms with Crippen molar-refractivity contribution in [1.29, 1.82) is 0 Å². The average Bonchev–Trinajstić information content (AvgIpc) is 2.83. The van der Waals surface area contributed by atoms with Crippen molar-refractivity contribution in [3.63, 3.8) is 0 Å². The summed E-state index contributed by atoms with van der Waals surface area (Å²) in [5, 5.41) is 13.8. The van der Waals surface area contributed by atoms with Crippen molar-refractivity contribution in [3.8, 4) is 0 Å². The van der Waals surface area contributed by atoms with Crippen molar-refractivity contribution in [3.05, 3.63) is 44.6 Å². The first-order valence-corrected chi connectivity index (χ1v) is 5.89. The number of hydrogen-bond acceptors (Lipinski definition) is 5. The molecule has 0 aliphatic rings. The molecular weight excluding hydrogens is 302 g/mol. The Labute approximate surface area is 111 Å². The summed E-state index contributed by atoms with van der Waals surface area (Å²) in [5.74, 6) is 0.563. The molecule has 18 heavy (non-hydrogen) atoms. The summed E-state index contributed by atoms with van der Waals surface area (Å²) in [5.41, 5.74) is 1.44. The maximum Gasteiger partial charge on any atom is 0.291 e. The van der Waals surface area contributed by atoms with Gasteiger partial charge in [0.2, 0.25) is 0 Å². The highest BCUT2D eigenvalue weighted by molar-refractivity contribution is 9.10. The van der Waals surface area contributed by atoms with Crippen molar-refractivity contribution < 1.29 is 4.92 Å². The zero-order chi connectivity index (χ0) is 13.1. The van der Waals surface area contributed by atoms with Crippen molar-refractivity contribution in [2.24, 2.45) is 0 Å². The number of nitrogens with one attached hydrogen (secondary N) is 2. The number of aromatic nitrogens is 3. The van der Waals surface area contributed by atoms with Crippen molar-refractivity contribution in [1.82, 2.24) is 15.0 Å². The molecular formula is C10H10BrN5O2. The number of H-pyrrole nitrogens is 1. The molecule has 0 atom stereocenters. The summed E-state index contributed by atoms with van der Waals surface area (Å²) in [6.07, 6.45) is 4.52. The van der Waals surface area contributed by atoms with E-state index < -0.39 is 4.92 Å². The number of pyridine rings is 1. The van der Waals surface area contributed by atoms with Crippen molar-refractivity contribution in [2.45, 2.75) is 13.5 Å². The summed E-state index contributed by atoms with van der Waals surface area (Å²) in [6, 6.07) is 0. The van der Waals surface area contributed by atoms with Crippen LogP contribution in [0.4, 0.5) is 11.5 Å². The van der Waals surface area contributed by atoms with Crippen LogP contribution in [0.5, 0.6) is 0 Å². The molecule has 0 spiro atoms. The molecule has 0 saturated heterocycles. The summed E-state index contributed by atoms with van der Waals surface area (Å²) >= 11 is 3.31. The maximum absolute atomic E-state index is 10.7. The third-order valence-electron chi connectivity index (χ3n) is 2.44. The van der Waals surface area contributed by atoms with Crippen LogP contribution in [0, 0.1) is 17.0 Å². The van der Waals surface area contributed by atoms with E-state index in [1.807, 2.05) is 0 Å². The Morgan fingerprint density at radius 1 is 1.56 bits per heavy atom. The number of halogens is 1. The van der Waals surface area contributed by atoms with Crippen LogP contribution in [0.25, 0.3) is 0 Å². The topological polar surface area (TPSA) is 96.7 Å². The number of nitro groups is 1. The fourth-order valence-electron chi connectivity index (χ4n) is 1.44. The van der Waals surface area contributed by atoms with Gasteiger partial charge in [0, 0.05) is 11.8 Å². The lowest BCUT2D eigenvalue weighted by Gasteiger charge is -2.08. The maximum atomic E-state index is 10.7. The van der Waals surface area contributed by atoms with Crippen LogP contribution in [0.1, 0.15) is 11.3 Å². The monoisotopic (exact) mass is 311 g/mol. The third kappa shape index (κ3) is 2.48. The summed E-state index contributed by atoms with van der Waals surface area (Å²) in [7, 11) is 0. The minimum Gasteiger partial charge on any atom is -0.363 e. The molecule has 0 saturated carbocycles. The molecule has 0 unspecified atom stereocenters. The van der Waals surface area contributed by atoms with Crippen LogP contribution in [0.3, 0.4) is 0 Å². The standard InChI is InChI=1S/C10H10BrN5O2/c1-6-8(16(17)18)4-14-10(9(6)11)13-3-7-2-12-5-15-7/h2,4-5H,3H2,1H3,(H,12,15)(H,13,14). The SMILES string of the molecule is Cc1c([N+](=O)[O-])cnc(NCc2cnc[nH]2)c1Br. The lowest BCUT2D eigenvalue weighted by molar-refractivity contribution is -0.385. The fourth-order valence-corrected chi connectivity index (χ4v) is 1.88. The van der Waals surface area contributed by atoms with Crippen molar-refractivity contribution >= 4 is 27.4 Å². The Morgan fingerprint density at radius 3 is 2.94 bits per heavy atom. The molecule has 2 N–H and O–H groups in total. The highest BCUT2D eigenvalue weighted by Crippen LogP contribution is 2.30. The third-order valence-corrected chi connectivity index (χ3v) is 3.41. The fraction of sp³-hybridized carbons (Fsp3) is 0.200. The van der Waals surface area contributed by atoms with Crippen LogP contribution in [0.2, 0.25) is 0 Å². The zero-order valence-electron chi connectivity index (χ0n) is 9.48. The quantitative estimate of drug-likeness (QED) is 0.667. The van der Waals surface area contributed by atoms with E-state index >= 15 is 0 Å². The second-order valence-corrected chi connectivity index (χ2v) is 4.41. The molecule has 2 rings (SSSR count). The van der Waals surface area contributed by atoms with Crippen LogP contribution >= 0.6 is 15.9 Å². The van der Waals surface area contributed by atoms with E-state index in [0.29, 0.717) is 22.4 Å². The molecule has 0 amide bonds. The van der Waals surface area contributed by atoms with E-state index in [4.69, 9.17) is 0 Å². The van der Waals surface area contributed by atoms with Crippen LogP contribution in [-0.2, 0) is 6.54 Å².